The third kappa shape index (κ3) is 10.9. The van der Waals surface area contributed by atoms with Crippen LogP contribution in [0, 0.1) is 0 Å². The van der Waals surface area contributed by atoms with Gasteiger partial charge in [-0.25, -0.2) is 4.79 Å². The zero-order chi connectivity index (χ0) is 35.3. The number of hydrogen-bond donors (Lipinski definition) is 1. The lowest BCUT2D eigenvalue weighted by molar-refractivity contribution is -0.140. The van der Waals surface area contributed by atoms with E-state index >= 15 is 0 Å². The van der Waals surface area contributed by atoms with E-state index in [0.29, 0.717) is 39.1 Å². The van der Waals surface area contributed by atoms with Gasteiger partial charge in [0.15, 0.2) is 0 Å². The molecule has 5 rings (SSSR count). The van der Waals surface area contributed by atoms with Gasteiger partial charge < -0.3 is 19.9 Å². The smallest absolute Gasteiger partial charge is 0.407 e. The van der Waals surface area contributed by atoms with Gasteiger partial charge in [0.2, 0.25) is 11.8 Å². The molecule has 266 valence electrons. The number of nitrogens with zero attached hydrogens (tertiary/aromatic N) is 5. The van der Waals surface area contributed by atoms with Crippen molar-refractivity contribution < 1.29 is 19.1 Å². The molecule has 10 nitrogen and oxygen atoms in total. The van der Waals surface area contributed by atoms with Gasteiger partial charge in [-0.15, -0.1) is 0 Å². The number of hydrogen-bond acceptors (Lipinski definition) is 6. The van der Waals surface area contributed by atoms with Crippen molar-refractivity contribution in [2.24, 2.45) is 0 Å². The summed E-state index contributed by atoms with van der Waals surface area (Å²) in [5.41, 5.74) is 3.73. The summed E-state index contributed by atoms with van der Waals surface area (Å²) in [4.78, 5) is 45.7. The molecule has 4 aromatic rings. The summed E-state index contributed by atoms with van der Waals surface area (Å²) in [5.74, 6) is 0.207. The first-order valence-electron chi connectivity index (χ1n) is 18.1. The molecule has 1 aliphatic heterocycles. The monoisotopic (exact) mass is 680 g/mol. The fourth-order valence-corrected chi connectivity index (χ4v) is 6.36. The zero-order valence-electron chi connectivity index (χ0n) is 29.9. The molecule has 1 aliphatic rings. The van der Waals surface area contributed by atoms with Crippen molar-refractivity contribution in [1.82, 2.24) is 29.9 Å². The van der Waals surface area contributed by atoms with E-state index in [1.807, 2.05) is 61.3 Å². The minimum atomic E-state index is -0.466. The second kappa shape index (κ2) is 17.8. The summed E-state index contributed by atoms with van der Waals surface area (Å²) in [7, 11) is 0. The Labute approximate surface area is 296 Å². The van der Waals surface area contributed by atoms with Crippen LogP contribution in [0.2, 0.25) is 0 Å². The Hall–Kier alpha value is -4.73. The van der Waals surface area contributed by atoms with Gasteiger partial charge in [-0.3, -0.25) is 19.3 Å². The lowest BCUT2D eigenvalue weighted by atomic mass is 9.99. The van der Waals surface area contributed by atoms with Gasteiger partial charge in [-0.2, -0.15) is 5.10 Å². The molecule has 1 saturated heterocycles. The van der Waals surface area contributed by atoms with Crippen molar-refractivity contribution in [2.75, 3.05) is 32.7 Å². The Balaban J connectivity index is 0.939. The van der Waals surface area contributed by atoms with E-state index in [2.05, 4.69) is 51.8 Å². The predicted octanol–water partition coefficient (Wildman–Crippen LogP) is 7.47. The van der Waals surface area contributed by atoms with Crippen LogP contribution in [0.3, 0.4) is 0 Å². The average molecular weight is 681 g/mol. The number of piperazine rings is 1. The van der Waals surface area contributed by atoms with Gasteiger partial charge in [0.05, 0.1) is 6.20 Å². The average Bonchev–Trinajstić information content (AvgIpc) is 3.58. The Morgan fingerprint density at radius 3 is 2.04 bits per heavy atom. The van der Waals surface area contributed by atoms with Gasteiger partial charge >= 0.3 is 6.09 Å². The van der Waals surface area contributed by atoms with Crippen molar-refractivity contribution >= 4 is 28.7 Å². The highest BCUT2D eigenvalue weighted by molar-refractivity contribution is 5.95. The fourth-order valence-electron chi connectivity index (χ4n) is 6.36. The predicted molar refractivity (Wildman–Crippen MR) is 197 cm³/mol. The fraction of sp³-hybridized carbons (Fsp3) is 0.475. The molecule has 0 atom stereocenters. The Bertz CT molecular complexity index is 1700. The highest BCUT2D eigenvalue weighted by Gasteiger charge is 2.24. The molecule has 0 spiro atoms. The standard InChI is InChI=1S/C40H52N6O4/c1-40(2,3)50-39(49)42-21-13-9-7-5-4-6-8-10-16-37(47)44-22-24-45(25-23-44)38(48)30-46-29-34(27-43-46)31-17-19-32(20-18-31)36-28-41-26-33-14-11-12-15-35(33)36/h11-12,14-15,17-20,26-29H,4-10,13,16,21-25,30H2,1-3H3,(H,42,49). The number of amides is 3. The van der Waals surface area contributed by atoms with Gasteiger partial charge in [0.25, 0.3) is 0 Å². The SMILES string of the molecule is CC(C)(C)OC(=O)NCCCCCCCCCCC(=O)N1CCN(C(=O)Cn2cc(-c3ccc(-c4cncc5ccccc45)cc3)cn2)CC1. The Morgan fingerprint density at radius 2 is 1.34 bits per heavy atom. The Kier molecular flexibility index (Phi) is 13.0. The van der Waals surface area contributed by atoms with Crippen molar-refractivity contribution in [1.29, 1.82) is 0 Å². The lowest BCUT2D eigenvalue weighted by Crippen LogP contribution is -2.51. The van der Waals surface area contributed by atoms with Gasteiger partial charge in [-0.05, 0) is 50.1 Å². The summed E-state index contributed by atoms with van der Waals surface area (Å²) in [6.45, 7) is 8.67. The number of pyridine rings is 1. The number of alkyl carbamates (subject to hydrolysis) is 1. The zero-order valence-corrected chi connectivity index (χ0v) is 29.9. The summed E-state index contributed by atoms with van der Waals surface area (Å²) in [5, 5.41) is 9.55. The van der Waals surface area contributed by atoms with Crippen LogP contribution in [-0.2, 0) is 20.9 Å². The maximum atomic E-state index is 13.1. The third-order valence-electron chi connectivity index (χ3n) is 9.10. The quantitative estimate of drug-likeness (QED) is 0.131. The molecular weight excluding hydrogens is 628 g/mol. The van der Waals surface area contributed by atoms with Crippen LogP contribution in [0.15, 0.2) is 73.3 Å². The highest BCUT2D eigenvalue weighted by atomic mass is 16.6. The second-order valence-corrected chi connectivity index (χ2v) is 14.2. The molecule has 2 aromatic carbocycles. The highest BCUT2D eigenvalue weighted by Crippen LogP contribution is 2.29. The number of nitrogens with one attached hydrogen (secondary N) is 1. The molecule has 1 N–H and O–H groups in total. The molecule has 10 heteroatoms. The minimum Gasteiger partial charge on any atom is -0.444 e. The van der Waals surface area contributed by atoms with Gasteiger partial charge in [0.1, 0.15) is 12.1 Å². The maximum Gasteiger partial charge on any atom is 0.407 e. The van der Waals surface area contributed by atoms with E-state index < -0.39 is 5.60 Å². The number of fused-ring (bicyclic) bond motifs is 1. The van der Waals surface area contributed by atoms with E-state index in [1.54, 1.807) is 10.9 Å². The first kappa shape index (κ1) is 36.5. The van der Waals surface area contributed by atoms with E-state index in [1.165, 1.54) is 18.2 Å². The van der Waals surface area contributed by atoms with Crippen LogP contribution in [0.5, 0.6) is 0 Å². The van der Waals surface area contributed by atoms with Crippen molar-refractivity contribution in [3.05, 3.63) is 73.3 Å². The minimum absolute atomic E-state index is 0.0184. The second-order valence-electron chi connectivity index (χ2n) is 14.2. The van der Waals surface area contributed by atoms with E-state index in [9.17, 15) is 14.4 Å². The van der Waals surface area contributed by atoms with Crippen molar-refractivity contribution in [2.45, 2.75) is 90.7 Å². The van der Waals surface area contributed by atoms with Crippen LogP contribution in [0.1, 0.15) is 78.6 Å². The molecule has 0 aliphatic carbocycles. The molecule has 2 aromatic heterocycles. The summed E-state index contributed by atoms with van der Waals surface area (Å²) in [6, 6.07) is 16.6. The van der Waals surface area contributed by atoms with E-state index in [-0.39, 0.29) is 24.5 Å². The number of rotatable bonds is 15. The molecule has 3 amide bonds. The number of carbonyl (C=O) groups is 3. The van der Waals surface area contributed by atoms with E-state index in [0.717, 1.165) is 66.2 Å². The van der Waals surface area contributed by atoms with Crippen LogP contribution >= 0.6 is 0 Å². The van der Waals surface area contributed by atoms with Crippen LogP contribution < -0.4 is 5.32 Å². The summed E-state index contributed by atoms with van der Waals surface area (Å²) >= 11 is 0. The van der Waals surface area contributed by atoms with Crippen LogP contribution in [0.25, 0.3) is 33.0 Å². The van der Waals surface area contributed by atoms with Gasteiger partial charge in [-0.1, -0.05) is 87.1 Å². The molecular formula is C40H52N6O4. The van der Waals surface area contributed by atoms with Crippen LogP contribution in [-0.4, -0.2) is 80.8 Å². The largest absolute Gasteiger partial charge is 0.444 e. The number of aromatic nitrogens is 3. The van der Waals surface area contributed by atoms with Crippen LogP contribution in [0.4, 0.5) is 4.79 Å². The Morgan fingerprint density at radius 1 is 0.720 bits per heavy atom. The molecule has 0 unspecified atom stereocenters. The first-order valence-corrected chi connectivity index (χ1v) is 18.1. The molecule has 3 heterocycles. The molecule has 0 saturated carbocycles. The van der Waals surface area contributed by atoms with E-state index in [4.69, 9.17) is 4.74 Å². The van der Waals surface area contributed by atoms with Crippen molar-refractivity contribution in [3.63, 3.8) is 0 Å². The number of carbonyl (C=O) groups excluding carboxylic acids is 3. The molecule has 0 bridgehead atoms. The summed E-state index contributed by atoms with van der Waals surface area (Å²) in [6.07, 6.45) is 16.4. The number of ether oxygens (including phenoxy) is 1. The third-order valence-corrected chi connectivity index (χ3v) is 9.10. The lowest BCUT2D eigenvalue weighted by Gasteiger charge is -2.34. The molecule has 1 fully saturated rings. The van der Waals surface area contributed by atoms with Crippen molar-refractivity contribution in [3.8, 4) is 22.3 Å². The first-order chi connectivity index (χ1) is 24.2. The number of benzene rings is 2. The maximum absolute atomic E-state index is 13.1. The summed E-state index contributed by atoms with van der Waals surface area (Å²) < 4.78 is 6.94. The normalized spacial score (nSPS) is 13.4. The van der Waals surface area contributed by atoms with Gasteiger partial charge in [0, 0.05) is 74.2 Å². The topological polar surface area (TPSA) is 110 Å². The number of unbranched alkanes of at least 4 members (excludes halogenated alkanes) is 7. The molecule has 0 radical (unpaired) electrons. The molecule has 50 heavy (non-hydrogen) atoms.